The van der Waals surface area contributed by atoms with Crippen LogP contribution in [0.4, 0.5) is 0 Å². The third kappa shape index (κ3) is 6.64. The van der Waals surface area contributed by atoms with Crippen molar-refractivity contribution in [2.45, 2.75) is 25.2 Å². The lowest BCUT2D eigenvalue weighted by Gasteiger charge is -2.25. The van der Waals surface area contributed by atoms with Crippen LogP contribution >= 0.6 is 7.37 Å². The Hall–Kier alpha value is -3.25. The first-order chi connectivity index (χ1) is 16.2. The molecule has 3 unspecified atom stereocenters. The van der Waals surface area contributed by atoms with Gasteiger partial charge in [-0.1, -0.05) is 84.9 Å². The van der Waals surface area contributed by atoms with Gasteiger partial charge in [-0.05, 0) is 35.6 Å². The van der Waals surface area contributed by atoms with Gasteiger partial charge in [0, 0.05) is 6.16 Å². The summed E-state index contributed by atoms with van der Waals surface area (Å²) in [6.45, 7) is 1.35. The lowest BCUT2D eigenvalue weighted by atomic mass is 9.97. The van der Waals surface area contributed by atoms with Crippen molar-refractivity contribution in [2.75, 3.05) is 6.16 Å². The number of hydrogen-bond donors (Lipinski definition) is 4. The minimum atomic E-state index is -4.01. The van der Waals surface area contributed by atoms with Crippen LogP contribution in [0.5, 0.6) is 0 Å². The van der Waals surface area contributed by atoms with E-state index in [0.717, 1.165) is 16.7 Å². The minimum Gasteiger partial charge on any atom is -0.480 e. The number of carboxylic acids is 1. The van der Waals surface area contributed by atoms with Crippen molar-refractivity contribution >= 4 is 19.2 Å². The van der Waals surface area contributed by atoms with Crippen LogP contribution in [-0.2, 0) is 20.6 Å². The second-order valence-electron chi connectivity index (χ2n) is 8.33. The van der Waals surface area contributed by atoms with Crippen LogP contribution in [0.3, 0.4) is 0 Å². The Balaban J connectivity index is 1.82. The Kier molecular flexibility index (Phi) is 8.40. The van der Waals surface area contributed by atoms with Crippen molar-refractivity contribution in [2.24, 2.45) is 11.7 Å². The number of hydrogen-bond acceptors (Lipinski definition) is 4. The van der Waals surface area contributed by atoms with Crippen molar-refractivity contribution in [3.05, 3.63) is 96.1 Å². The van der Waals surface area contributed by atoms with Gasteiger partial charge in [-0.15, -0.1) is 0 Å². The average molecular weight is 481 g/mol. The van der Waals surface area contributed by atoms with E-state index < -0.39 is 37.0 Å². The molecule has 0 saturated carbocycles. The fraction of sp³-hybridized carbons (Fsp3) is 0.231. The van der Waals surface area contributed by atoms with E-state index in [1.165, 1.54) is 6.92 Å². The molecular weight excluding hydrogens is 451 g/mol. The van der Waals surface area contributed by atoms with Crippen molar-refractivity contribution in [3.63, 3.8) is 0 Å². The van der Waals surface area contributed by atoms with Gasteiger partial charge in [0.2, 0.25) is 13.3 Å². The quantitative estimate of drug-likeness (QED) is 0.324. The zero-order valence-corrected chi connectivity index (χ0v) is 19.8. The maximum Gasteiger partial charge on any atom is 0.325 e. The number of carbonyl (C=O) groups excluding carboxylic acids is 1. The predicted molar refractivity (Wildman–Crippen MR) is 132 cm³/mol. The van der Waals surface area contributed by atoms with Crippen molar-refractivity contribution in [1.82, 2.24) is 5.32 Å². The maximum absolute atomic E-state index is 13.2. The molecule has 0 aliphatic carbocycles. The molecule has 8 heteroatoms. The molecule has 0 aliphatic rings. The highest BCUT2D eigenvalue weighted by Gasteiger charge is 2.35. The van der Waals surface area contributed by atoms with E-state index in [1.54, 1.807) is 30.3 Å². The topological polar surface area (TPSA) is 130 Å². The Morgan fingerprint density at radius 3 is 2.00 bits per heavy atom. The van der Waals surface area contributed by atoms with Gasteiger partial charge in [-0.2, -0.15) is 0 Å². The smallest absolute Gasteiger partial charge is 0.325 e. The van der Waals surface area contributed by atoms with Gasteiger partial charge in [-0.25, -0.2) is 0 Å². The van der Waals surface area contributed by atoms with E-state index in [1.807, 2.05) is 54.6 Å². The molecule has 0 saturated heterocycles. The monoisotopic (exact) mass is 480 g/mol. The number of nitrogens with two attached hydrogens (primary N) is 1. The van der Waals surface area contributed by atoms with Gasteiger partial charge in [0.05, 0.1) is 5.92 Å². The van der Waals surface area contributed by atoms with Crippen LogP contribution < -0.4 is 11.1 Å². The van der Waals surface area contributed by atoms with Crippen LogP contribution in [0.25, 0.3) is 11.1 Å². The van der Waals surface area contributed by atoms with E-state index in [4.69, 9.17) is 5.73 Å². The minimum absolute atomic E-state index is 0.166. The summed E-state index contributed by atoms with van der Waals surface area (Å²) in [5, 5.41) is 11.6. The molecule has 3 aromatic rings. The fourth-order valence-corrected chi connectivity index (χ4v) is 5.49. The highest BCUT2D eigenvalue weighted by molar-refractivity contribution is 7.58. The number of carboxylic acid groups (broad SMARTS) is 1. The van der Waals surface area contributed by atoms with Crippen LogP contribution in [0.15, 0.2) is 84.9 Å². The van der Waals surface area contributed by atoms with Gasteiger partial charge >= 0.3 is 5.97 Å². The Morgan fingerprint density at radius 2 is 1.44 bits per heavy atom. The van der Waals surface area contributed by atoms with Crippen LogP contribution in [0, 0.1) is 5.92 Å². The Labute approximate surface area is 199 Å². The number of amides is 1. The second kappa shape index (κ2) is 11.3. The van der Waals surface area contributed by atoms with Gasteiger partial charge in [0.25, 0.3) is 0 Å². The fourth-order valence-electron chi connectivity index (χ4n) is 3.69. The average Bonchev–Trinajstić information content (AvgIpc) is 2.84. The molecule has 0 spiro atoms. The summed E-state index contributed by atoms with van der Waals surface area (Å²) < 4.78 is 13.2. The molecule has 34 heavy (non-hydrogen) atoms. The first-order valence-electron chi connectivity index (χ1n) is 11.0. The zero-order chi connectivity index (χ0) is 24.7. The van der Waals surface area contributed by atoms with E-state index in [0.29, 0.717) is 5.56 Å². The Morgan fingerprint density at radius 1 is 0.912 bits per heavy atom. The SMILES string of the molecule is C[C@H](NC(=O)C(Cc1ccc(-c2ccccc2)cc1)CP(=O)(O)C(N)c1ccccc1)C(=O)O. The molecule has 0 radical (unpaired) electrons. The summed E-state index contributed by atoms with van der Waals surface area (Å²) in [7, 11) is -4.01. The van der Waals surface area contributed by atoms with Crippen molar-refractivity contribution < 1.29 is 24.2 Å². The number of nitrogens with one attached hydrogen (secondary N) is 1. The number of aliphatic carboxylic acids is 1. The van der Waals surface area contributed by atoms with E-state index in [2.05, 4.69) is 5.32 Å². The molecule has 3 aromatic carbocycles. The van der Waals surface area contributed by atoms with E-state index in [-0.39, 0.29) is 12.6 Å². The third-order valence-corrected chi connectivity index (χ3v) is 7.83. The van der Waals surface area contributed by atoms with Crippen molar-refractivity contribution in [3.8, 4) is 11.1 Å². The third-order valence-electron chi connectivity index (χ3n) is 5.70. The largest absolute Gasteiger partial charge is 0.480 e. The Bertz CT molecular complexity index is 1150. The van der Waals surface area contributed by atoms with E-state index in [9.17, 15) is 24.2 Å². The molecule has 0 fully saturated rings. The van der Waals surface area contributed by atoms with Crippen molar-refractivity contribution in [1.29, 1.82) is 0 Å². The van der Waals surface area contributed by atoms with Gasteiger partial charge < -0.3 is 21.1 Å². The molecule has 4 atom stereocenters. The first kappa shape index (κ1) is 25.4. The molecule has 0 heterocycles. The van der Waals surface area contributed by atoms with Gasteiger partial charge in [0.15, 0.2) is 0 Å². The molecular formula is C26H29N2O5P. The summed E-state index contributed by atoms with van der Waals surface area (Å²) in [4.78, 5) is 35.0. The lowest BCUT2D eigenvalue weighted by molar-refractivity contribution is -0.141. The normalized spacial score (nSPS) is 15.5. The van der Waals surface area contributed by atoms with Gasteiger partial charge in [0.1, 0.15) is 11.8 Å². The number of carbonyl (C=O) groups is 2. The molecule has 0 aromatic heterocycles. The van der Waals surface area contributed by atoms with Crippen LogP contribution in [0.1, 0.15) is 23.8 Å². The highest BCUT2D eigenvalue weighted by atomic mass is 31.2. The molecule has 178 valence electrons. The van der Waals surface area contributed by atoms with Crippen LogP contribution in [-0.4, -0.2) is 34.1 Å². The standard InChI is InChI=1S/C26H29N2O5P/c1-18(26(30)31)28-25(29)23(17-34(32,33)24(27)22-10-6-3-7-11-22)16-19-12-14-21(15-13-19)20-8-4-2-5-9-20/h2-15,18,23-24H,16-17,27H2,1H3,(H,28,29)(H,30,31)(H,32,33)/t18-,23?,24?/m0/s1. The molecule has 0 bridgehead atoms. The molecule has 0 aliphatic heterocycles. The number of benzene rings is 3. The zero-order valence-electron chi connectivity index (χ0n) is 18.9. The van der Waals surface area contributed by atoms with Gasteiger partial charge in [-0.3, -0.25) is 14.2 Å². The molecule has 3 rings (SSSR count). The predicted octanol–water partition coefficient (Wildman–Crippen LogP) is 4.03. The summed E-state index contributed by atoms with van der Waals surface area (Å²) in [6, 6.07) is 24.8. The molecule has 5 N–H and O–H groups in total. The molecule has 7 nitrogen and oxygen atoms in total. The number of rotatable bonds is 10. The second-order valence-corrected chi connectivity index (χ2v) is 10.8. The summed E-state index contributed by atoms with van der Waals surface area (Å²) in [5.41, 5.74) is 9.45. The molecule has 1 amide bonds. The highest BCUT2D eigenvalue weighted by Crippen LogP contribution is 2.54. The lowest BCUT2D eigenvalue weighted by Crippen LogP contribution is -2.43. The summed E-state index contributed by atoms with van der Waals surface area (Å²) in [5.74, 6) is -3.87. The van der Waals surface area contributed by atoms with Crippen LogP contribution in [0.2, 0.25) is 0 Å². The maximum atomic E-state index is 13.2. The summed E-state index contributed by atoms with van der Waals surface area (Å²) >= 11 is 0. The first-order valence-corrected chi connectivity index (χ1v) is 12.9. The summed E-state index contributed by atoms with van der Waals surface area (Å²) in [6.07, 6.45) is -0.207. The van der Waals surface area contributed by atoms with E-state index >= 15 is 0 Å².